The van der Waals surface area contributed by atoms with Crippen LogP contribution in [0, 0.1) is 0 Å². The van der Waals surface area contributed by atoms with Crippen LogP contribution in [0.1, 0.15) is 12.5 Å². The van der Waals surface area contributed by atoms with Crippen molar-refractivity contribution in [1.29, 1.82) is 0 Å². The molecule has 0 spiro atoms. The number of halogens is 1. The van der Waals surface area contributed by atoms with E-state index in [0.29, 0.717) is 18.0 Å². The molecule has 3 aromatic rings. The lowest BCUT2D eigenvalue weighted by atomic mass is 10.2. The molecule has 162 valence electrons. The number of hydrogen-bond donors (Lipinski definition) is 1. The Labute approximate surface area is 191 Å². The zero-order chi connectivity index (χ0) is 22.3. The van der Waals surface area contributed by atoms with Crippen LogP contribution in [0.5, 0.6) is 5.75 Å². The van der Waals surface area contributed by atoms with Gasteiger partial charge in [-0.2, -0.15) is 4.31 Å². The molecule has 3 aromatic carbocycles. The molecule has 0 atom stereocenters. The van der Waals surface area contributed by atoms with Crippen LogP contribution in [0.3, 0.4) is 0 Å². The predicted molar refractivity (Wildman–Crippen MR) is 124 cm³/mol. The summed E-state index contributed by atoms with van der Waals surface area (Å²) in [5, 5.41) is 2.75. The molecule has 0 unspecified atom stereocenters. The molecule has 0 aliphatic carbocycles. The highest BCUT2D eigenvalue weighted by Gasteiger charge is 2.27. The molecule has 1 N–H and O–H groups in total. The fraction of sp³-hybridized carbons (Fsp3) is 0.174. The van der Waals surface area contributed by atoms with Gasteiger partial charge in [-0.3, -0.25) is 4.79 Å². The largest absolute Gasteiger partial charge is 0.494 e. The highest BCUT2D eigenvalue weighted by atomic mass is 79.9. The van der Waals surface area contributed by atoms with Crippen molar-refractivity contribution in [3.05, 3.63) is 88.9 Å². The van der Waals surface area contributed by atoms with Crippen molar-refractivity contribution in [2.24, 2.45) is 0 Å². The molecule has 0 heterocycles. The Hall–Kier alpha value is -2.68. The molecule has 0 fully saturated rings. The Kier molecular flexibility index (Phi) is 7.84. The lowest BCUT2D eigenvalue weighted by Crippen LogP contribution is -2.37. The van der Waals surface area contributed by atoms with Gasteiger partial charge in [-0.25, -0.2) is 8.42 Å². The summed E-state index contributed by atoms with van der Waals surface area (Å²) in [6.45, 7) is 2.09. The molecule has 8 heteroatoms. The van der Waals surface area contributed by atoms with Crippen molar-refractivity contribution in [2.45, 2.75) is 18.4 Å². The first-order valence-corrected chi connectivity index (χ1v) is 11.9. The van der Waals surface area contributed by atoms with E-state index in [4.69, 9.17) is 4.74 Å². The number of ether oxygens (including phenoxy) is 1. The number of sulfonamides is 1. The SMILES string of the molecule is CCOc1ccc(S(=O)(=O)N(CC(=O)Nc2cccc(Br)c2)Cc2ccccc2)cc1. The number of carbonyl (C=O) groups excluding carboxylic acids is 1. The van der Waals surface area contributed by atoms with Crippen molar-refractivity contribution in [1.82, 2.24) is 4.31 Å². The van der Waals surface area contributed by atoms with Gasteiger partial charge >= 0.3 is 0 Å². The van der Waals surface area contributed by atoms with Gasteiger partial charge in [0, 0.05) is 16.7 Å². The average Bonchev–Trinajstić information content (AvgIpc) is 2.74. The number of anilines is 1. The molecule has 0 saturated heterocycles. The smallest absolute Gasteiger partial charge is 0.243 e. The summed E-state index contributed by atoms with van der Waals surface area (Å²) in [6, 6.07) is 22.5. The number of rotatable bonds is 9. The van der Waals surface area contributed by atoms with Crippen LogP contribution in [-0.2, 0) is 21.4 Å². The molecule has 6 nitrogen and oxygen atoms in total. The molecule has 0 aromatic heterocycles. The van der Waals surface area contributed by atoms with Crippen molar-refractivity contribution in [2.75, 3.05) is 18.5 Å². The van der Waals surface area contributed by atoms with Crippen molar-refractivity contribution in [3.8, 4) is 5.75 Å². The maximum atomic E-state index is 13.3. The van der Waals surface area contributed by atoms with Gasteiger partial charge < -0.3 is 10.1 Å². The van der Waals surface area contributed by atoms with E-state index in [1.165, 1.54) is 16.4 Å². The summed E-state index contributed by atoms with van der Waals surface area (Å²) < 4.78 is 34.1. The van der Waals surface area contributed by atoms with E-state index < -0.39 is 15.9 Å². The Balaban J connectivity index is 1.85. The minimum absolute atomic E-state index is 0.0717. The molecule has 0 aliphatic heterocycles. The third-order valence-corrected chi connectivity index (χ3v) is 6.70. The summed E-state index contributed by atoms with van der Waals surface area (Å²) in [7, 11) is -3.92. The second kappa shape index (κ2) is 10.6. The highest BCUT2D eigenvalue weighted by molar-refractivity contribution is 9.10. The van der Waals surface area contributed by atoms with Crippen molar-refractivity contribution < 1.29 is 17.9 Å². The van der Waals surface area contributed by atoms with Crippen molar-refractivity contribution in [3.63, 3.8) is 0 Å². The molecule has 0 saturated carbocycles. The monoisotopic (exact) mass is 502 g/mol. The third kappa shape index (κ3) is 6.40. The number of carbonyl (C=O) groups is 1. The number of nitrogens with one attached hydrogen (secondary N) is 1. The summed E-state index contributed by atoms with van der Waals surface area (Å²) in [4.78, 5) is 12.8. The first kappa shape index (κ1) is 23.0. The van der Waals surface area contributed by atoms with E-state index in [-0.39, 0.29) is 18.0 Å². The van der Waals surface area contributed by atoms with Gasteiger partial charge in [-0.15, -0.1) is 0 Å². The minimum Gasteiger partial charge on any atom is -0.494 e. The first-order valence-electron chi connectivity index (χ1n) is 9.71. The summed E-state index contributed by atoms with van der Waals surface area (Å²) in [6.07, 6.45) is 0. The Morgan fingerprint density at radius 3 is 2.35 bits per heavy atom. The number of hydrogen-bond acceptors (Lipinski definition) is 4. The van der Waals surface area contributed by atoms with Crippen LogP contribution >= 0.6 is 15.9 Å². The van der Waals surface area contributed by atoms with E-state index in [0.717, 1.165) is 10.0 Å². The van der Waals surface area contributed by atoms with Gasteiger partial charge in [-0.1, -0.05) is 52.3 Å². The Bertz CT molecular complexity index is 1120. The van der Waals surface area contributed by atoms with Crippen LogP contribution in [-0.4, -0.2) is 31.8 Å². The maximum absolute atomic E-state index is 13.3. The quantitative estimate of drug-likeness (QED) is 0.460. The van der Waals surface area contributed by atoms with Crippen LogP contribution in [0.25, 0.3) is 0 Å². The fourth-order valence-corrected chi connectivity index (χ4v) is 4.75. The first-order chi connectivity index (χ1) is 14.9. The third-order valence-electron chi connectivity index (χ3n) is 4.40. The maximum Gasteiger partial charge on any atom is 0.243 e. The van der Waals surface area contributed by atoms with Gasteiger partial charge in [0.1, 0.15) is 5.75 Å². The molecular formula is C23H23BrN2O4S. The molecule has 0 bridgehead atoms. The van der Waals surface area contributed by atoms with Gasteiger partial charge in [-0.05, 0) is 55.0 Å². The van der Waals surface area contributed by atoms with Gasteiger partial charge in [0.2, 0.25) is 15.9 Å². The molecular weight excluding hydrogens is 480 g/mol. The molecule has 3 rings (SSSR count). The van der Waals surface area contributed by atoms with Crippen LogP contribution in [0.4, 0.5) is 5.69 Å². The molecule has 0 radical (unpaired) electrons. The van der Waals surface area contributed by atoms with Crippen LogP contribution < -0.4 is 10.1 Å². The Morgan fingerprint density at radius 2 is 1.71 bits per heavy atom. The second-order valence-electron chi connectivity index (χ2n) is 6.72. The molecule has 1 amide bonds. The highest BCUT2D eigenvalue weighted by Crippen LogP contribution is 2.22. The lowest BCUT2D eigenvalue weighted by Gasteiger charge is -2.22. The van der Waals surface area contributed by atoms with E-state index in [1.54, 1.807) is 30.3 Å². The Morgan fingerprint density at radius 1 is 1.00 bits per heavy atom. The summed E-state index contributed by atoms with van der Waals surface area (Å²) in [5.74, 6) is 0.159. The van der Waals surface area contributed by atoms with E-state index in [2.05, 4.69) is 21.2 Å². The van der Waals surface area contributed by atoms with E-state index >= 15 is 0 Å². The van der Waals surface area contributed by atoms with Crippen LogP contribution in [0.2, 0.25) is 0 Å². The van der Waals surface area contributed by atoms with Crippen LogP contribution in [0.15, 0.2) is 88.2 Å². The molecule has 0 aliphatic rings. The topological polar surface area (TPSA) is 75.7 Å². The summed E-state index contributed by atoms with van der Waals surface area (Å²) >= 11 is 3.36. The summed E-state index contributed by atoms with van der Waals surface area (Å²) in [5.41, 5.74) is 1.37. The zero-order valence-corrected chi connectivity index (χ0v) is 19.4. The van der Waals surface area contributed by atoms with Gasteiger partial charge in [0.15, 0.2) is 0 Å². The van der Waals surface area contributed by atoms with Gasteiger partial charge in [0.05, 0.1) is 18.0 Å². The fourth-order valence-electron chi connectivity index (χ4n) is 2.96. The van der Waals surface area contributed by atoms with E-state index in [1.807, 2.05) is 43.3 Å². The van der Waals surface area contributed by atoms with Crippen molar-refractivity contribution >= 4 is 37.5 Å². The predicted octanol–water partition coefficient (Wildman–Crippen LogP) is 4.68. The molecule has 31 heavy (non-hydrogen) atoms. The minimum atomic E-state index is -3.92. The zero-order valence-electron chi connectivity index (χ0n) is 17.0. The number of benzene rings is 3. The average molecular weight is 503 g/mol. The normalized spacial score (nSPS) is 11.3. The number of amides is 1. The number of nitrogens with zero attached hydrogens (tertiary/aromatic N) is 1. The lowest BCUT2D eigenvalue weighted by molar-refractivity contribution is -0.116. The van der Waals surface area contributed by atoms with E-state index in [9.17, 15) is 13.2 Å². The standard InChI is InChI=1S/C23H23BrN2O4S/c1-2-30-21-11-13-22(14-12-21)31(28,29)26(16-18-7-4-3-5-8-18)17-23(27)25-20-10-6-9-19(24)15-20/h3-15H,2,16-17H2,1H3,(H,25,27). The second-order valence-corrected chi connectivity index (χ2v) is 9.58. The van der Waals surface area contributed by atoms with Gasteiger partial charge in [0.25, 0.3) is 0 Å².